The van der Waals surface area contributed by atoms with E-state index in [-0.39, 0.29) is 25.8 Å². The number of alkyl halides is 3. The van der Waals surface area contributed by atoms with Gasteiger partial charge < -0.3 is 19.1 Å². The molecule has 1 fully saturated rings. The van der Waals surface area contributed by atoms with E-state index in [1.807, 2.05) is 0 Å². The van der Waals surface area contributed by atoms with Gasteiger partial charge in [-0.3, -0.25) is 4.79 Å². The van der Waals surface area contributed by atoms with Gasteiger partial charge >= 0.3 is 6.18 Å². The number of hydrogen-bond donors (Lipinski definition) is 0. The topological polar surface area (TPSA) is 60.9 Å². The minimum absolute atomic E-state index is 0.109. The molecule has 26 heavy (non-hydrogen) atoms. The monoisotopic (exact) mass is 366 g/mol. The Morgan fingerprint density at radius 3 is 2.73 bits per heavy atom. The van der Waals surface area contributed by atoms with Crippen molar-refractivity contribution < 1.29 is 32.2 Å². The molecule has 2 aliphatic heterocycles. The van der Waals surface area contributed by atoms with Gasteiger partial charge in [0.05, 0.1) is 13.1 Å². The number of amides is 1. The van der Waals surface area contributed by atoms with Gasteiger partial charge in [-0.2, -0.15) is 13.2 Å². The van der Waals surface area contributed by atoms with Crippen molar-refractivity contribution in [2.75, 3.05) is 19.9 Å². The van der Waals surface area contributed by atoms with Crippen molar-refractivity contribution in [3.05, 3.63) is 47.7 Å². The minimum Gasteiger partial charge on any atom is -0.470 e. The first kappa shape index (κ1) is 16.5. The fraction of sp³-hybridized carbons (Fsp3) is 0.294. The van der Waals surface area contributed by atoms with Gasteiger partial charge in [0.1, 0.15) is 11.7 Å². The lowest BCUT2D eigenvalue weighted by Gasteiger charge is -2.39. The van der Waals surface area contributed by atoms with Gasteiger partial charge in [0.2, 0.25) is 12.7 Å². The molecule has 1 aromatic heterocycles. The number of pyridine rings is 1. The van der Waals surface area contributed by atoms with Crippen molar-refractivity contribution in [3.8, 4) is 17.4 Å². The molecule has 2 aliphatic rings. The summed E-state index contributed by atoms with van der Waals surface area (Å²) in [5, 5.41) is 0. The lowest BCUT2D eigenvalue weighted by Crippen LogP contribution is -2.56. The highest BCUT2D eigenvalue weighted by molar-refractivity contribution is 5.95. The van der Waals surface area contributed by atoms with Crippen LogP contribution < -0.4 is 14.2 Å². The van der Waals surface area contributed by atoms with Crippen molar-refractivity contribution >= 4 is 5.91 Å². The Bertz CT molecular complexity index is 850. The van der Waals surface area contributed by atoms with Crippen LogP contribution in [0.1, 0.15) is 15.9 Å². The molecule has 0 saturated carbocycles. The van der Waals surface area contributed by atoms with E-state index >= 15 is 0 Å². The van der Waals surface area contributed by atoms with Gasteiger partial charge in [-0.25, -0.2) is 4.98 Å². The summed E-state index contributed by atoms with van der Waals surface area (Å²) < 4.78 is 54.6. The Kier molecular flexibility index (Phi) is 3.86. The lowest BCUT2D eigenvalue weighted by atomic mass is 10.1. The largest absolute Gasteiger partial charge is 0.470 e. The van der Waals surface area contributed by atoms with Crippen LogP contribution in [0.3, 0.4) is 0 Å². The van der Waals surface area contributed by atoms with Crippen molar-refractivity contribution in [3.63, 3.8) is 0 Å². The molecule has 4 rings (SSSR count). The van der Waals surface area contributed by atoms with E-state index in [4.69, 9.17) is 14.2 Å². The van der Waals surface area contributed by atoms with E-state index in [0.29, 0.717) is 17.1 Å². The third-order valence-corrected chi connectivity index (χ3v) is 4.11. The molecule has 0 radical (unpaired) electrons. The fourth-order valence-corrected chi connectivity index (χ4v) is 2.75. The average Bonchev–Trinajstić information content (AvgIpc) is 3.04. The number of carbonyl (C=O) groups is 1. The van der Waals surface area contributed by atoms with Gasteiger partial charge in [0.25, 0.3) is 5.91 Å². The van der Waals surface area contributed by atoms with E-state index < -0.39 is 23.7 Å². The second kappa shape index (κ2) is 6.08. The molecular formula is C17H13F3N2O4. The number of fused-ring (bicyclic) bond motifs is 1. The average molecular weight is 366 g/mol. The molecule has 0 N–H and O–H groups in total. The molecule has 6 nitrogen and oxygen atoms in total. The van der Waals surface area contributed by atoms with Gasteiger partial charge in [-0.15, -0.1) is 0 Å². The molecule has 0 bridgehead atoms. The Hall–Kier alpha value is -2.97. The number of nitrogens with zero attached hydrogens (tertiary/aromatic N) is 2. The summed E-state index contributed by atoms with van der Waals surface area (Å²) in [6, 6.07) is 6.96. The van der Waals surface area contributed by atoms with Crippen molar-refractivity contribution in [1.82, 2.24) is 9.88 Å². The maximum Gasteiger partial charge on any atom is 0.421 e. The van der Waals surface area contributed by atoms with Crippen LogP contribution in [0.4, 0.5) is 13.2 Å². The maximum atomic E-state index is 12.9. The highest BCUT2D eigenvalue weighted by atomic mass is 19.4. The van der Waals surface area contributed by atoms with Gasteiger partial charge in [-0.05, 0) is 30.3 Å². The predicted molar refractivity (Wildman–Crippen MR) is 82.1 cm³/mol. The zero-order valence-electron chi connectivity index (χ0n) is 13.3. The van der Waals surface area contributed by atoms with Crippen molar-refractivity contribution in [2.45, 2.75) is 12.3 Å². The highest BCUT2D eigenvalue weighted by Gasteiger charge is 2.38. The molecular weight excluding hydrogens is 353 g/mol. The lowest BCUT2D eigenvalue weighted by molar-refractivity contribution is -0.140. The van der Waals surface area contributed by atoms with E-state index in [1.54, 1.807) is 18.2 Å². The molecule has 1 saturated heterocycles. The van der Waals surface area contributed by atoms with Crippen LogP contribution in [-0.4, -0.2) is 41.8 Å². The molecule has 2 aromatic rings. The van der Waals surface area contributed by atoms with Crippen LogP contribution in [0, 0.1) is 0 Å². The van der Waals surface area contributed by atoms with Crippen LogP contribution in [0.2, 0.25) is 0 Å². The highest BCUT2D eigenvalue weighted by Crippen LogP contribution is 2.36. The van der Waals surface area contributed by atoms with Gasteiger partial charge in [0, 0.05) is 11.8 Å². The molecule has 0 aliphatic carbocycles. The number of likely N-dealkylation sites (tertiary alicyclic amines) is 1. The van der Waals surface area contributed by atoms with Crippen LogP contribution >= 0.6 is 0 Å². The zero-order valence-corrected chi connectivity index (χ0v) is 13.3. The normalized spacial score (nSPS) is 16.3. The fourth-order valence-electron chi connectivity index (χ4n) is 2.75. The summed E-state index contributed by atoms with van der Waals surface area (Å²) in [6.07, 6.45) is -3.85. The molecule has 9 heteroatoms. The molecule has 1 aromatic carbocycles. The molecule has 1 amide bonds. The smallest absolute Gasteiger partial charge is 0.421 e. The summed E-state index contributed by atoms with van der Waals surface area (Å²) in [4.78, 5) is 17.6. The summed E-state index contributed by atoms with van der Waals surface area (Å²) in [5.41, 5.74) is -0.512. The van der Waals surface area contributed by atoms with Crippen LogP contribution in [0.5, 0.6) is 17.4 Å². The number of halogens is 3. The summed E-state index contributed by atoms with van der Waals surface area (Å²) >= 11 is 0. The van der Waals surface area contributed by atoms with E-state index in [1.165, 1.54) is 17.2 Å². The van der Waals surface area contributed by atoms with Crippen molar-refractivity contribution in [1.29, 1.82) is 0 Å². The second-order valence-corrected chi connectivity index (χ2v) is 5.87. The first-order chi connectivity index (χ1) is 12.4. The van der Waals surface area contributed by atoms with Crippen LogP contribution in [-0.2, 0) is 6.18 Å². The number of rotatable bonds is 3. The molecule has 0 atom stereocenters. The quantitative estimate of drug-likeness (QED) is 0.836. The third kappa shape index (κ3) is 3.00. The summed E-state index contributed by atoms with van der Waals surface area (Å²) in [6.45, 7) is 0.473. The number of aromatic nitrogens is 1. The maximum absolute atomic E-state index is 12.9. The van der Waals surface area contributed by atoms with Gasteiger partial charge in [-0.1, -0.05) is 0 Å². The van der Waals surface area contributed by atoms with Crippen LogP contribution in [0.15, 0.2) is 36.5 Å². The first-order valence-corrected chi connectivity index (χ1v) is 7.79. The first-order valence-electron chi connectivity index (χ1n) is 7.79. The van der Waals surface area contributed by atoms with E-state index in [0.717, 1.165) is 6.07 Å². The third-order valence-electron chi connectivity index (χ3n) is 4.11. The summed E-state index contributed by atoms with van der Waals surface area (Å²) in [5.74, 6) is 0.342. The minimum atomic E-state index is -4.55. The molecule has 0 spiro atoms. The Morgan fingerprint density at radius 2 is 1.96 bits per heavy atom. The van der Waals surface area contributed by atoms with Gasteiger partial charge in [0.15, 0.2) is 11.5 Å². The van der Waals surface area contributed by atoms with Crippen molar-refractivity contribution in [2.24, 2.45) is 0 Å². The predicted octanol–water partition coefficient (Wildman–Crippen LogP) is 2.73. The van der Waals surface area contributed by atoms with E-state index in [2.05, 4.69) is 4.98 Å². The number of ether oxygens (including phenoxy) is 3. The number of benzene rings is 1. The Morgan fingerprint density at radius 1 is 1.19 bits per heavy atom. The summed E-state index contributed by atoms with van der Waals surface area (Å²) in [7, 11) is 0. The molecule has 0 unspecified atom stereocenters. The number of hydrogen-bond acceptors (Lipinski definition) is 5. The zero-order chi connectivity index (χ0) is 18.3. The Labute approximate surface area is 146 Å². The van der Waals surface area contributed by atoms with E-state index in [9.17, 15) is 18.0 Å². The Balaban J connectivity index is 1.40. The SMILES string of the molecule is O=C(c1ccc2c(c1)OCO2)N1CC(Oc2ncccc2C(F)(F)F)C1. The number of carbonyl (C=O) groups excluding carboxylic acids is 1. The standard InChI is InChI=1S/C17H13F3N2O4/c18-17(19,20)12-2-1-5-21-15(12)26-11-7-22(8-11)16(23)10-3-4-13-14(6-10)25-9-24-13/h1-6,11H,7-9H2. The second-order valence-electron chi connectivity index (χ2n) is 5.87. The molecule has 136 valence electrons. The van der Waals surface area contributed by atoms with Crippen LogP contribution in [0.25, 0.3) is 0 Å². The molecule has 3 heterocycles.